The van der Waals surface area contributed by atoms with Crippen molar-refractivity contribution in [1.29, 1.82) is 0 Å². The first kappa shape index (κ1) is 9.68. The van der Waals surface area contributed by atoms with Crippen LogP contribution >= 0.6 is 0 Å². The summed E-state index contributed by atoms with van der Waals surface area (Å²) in [6.07, 6.45) is 2.22. The van der Waals surface area contributed by atoms with Gasteiger partial charge in [0.15, 0.2) is 0 Å². The van der Waals surface area contributed by atoms with Crippen LogP contribution in [0.2, 0.25) is 0 Å². The number of aromatic nitrogens is 2. The molecule has 0 bridgehead atoms. The van der Waals surface area contributed by atoms with Crippen molar-refractivity contribution in [1.82, 2.24) is 20.4 Å². The molecule has 1 aromatic rings. The second kappa shape index (κ2) is 4.11. The molecule has 0 aliphatic carbocycles. The summed E-state index contributed by atoms with van der Waals surface area (Å²) >= 11 is 0. The van der Waals surface area contributed by atoms with Crippen LogP contribution < -0.4 is 5.32 Å². The zero-order chi connectivity index (χ0) is 9.97. The molecule has 0 saturated heterocycles. The minimum absolute atomic E-state index is 0.871. The summed E-state index contributed by atoms with van der Waals surface area (Å²) in [5.74, 6) is 0. The van der Waals surface area contributed by atoms with Crippen LogP contribution in [-0.4, -0.2) is 42.3 Å². The van der Waals surface area contributed by atoms with E-state index in [1.807, 2.05) is 7.05 Å². The number of fused-ring (bicyclic) bond motifs is 1. The van der Waals surface area contributed by atoms with Gasteiger partial charge in [0.05, 0.1) is 5.69 Å². The third-order valence-electron chi connectivity index (χ3n) is 2.87. The van der Waals surface area contributed by atoms with Crippen LogP contribution in [0.15, 0.2) is 0 Å². The molecule has 0 spiro atoms. The van der Waals surface area contributed by atoms with Crippen LogP contribution in [0, 0.1) is 0 Å². The number of H-pyrrole nitrogens is 1. The molecule has 1 aromatic heterocycles. The van der Waals surface area contributed by atoms with Crippen LogP contribution in [0.3, 0.4) is 0 Å². The van der Waals surface area contributed by atoms with Gasteiger partial charge in [-0.25, -0.2) is 0 Å². The van der Waals surface area contributed by atoms with Crippen molar-refractivity contribution >= 4 is 0 Å². The molecule has 0 aromatic carbocycles. The topological polar surface area (TPSA) is 44.0 Å². The van der Waals surface area contributed by atoms with Gasteiger partial charge in [0.1, 0.15) is 0 Å². The SMILES string of the molecule is CNCc1n[nH]c2c1CCN(C)CC2. The lowest BCUT2D eigenvalue weighted by Crippen LogP contribution is -2.21. The molecule has 0 radical (unpaired) electrons. The maximum Gasteiger partial charge on any atom is 0.0795 e. The minimum Gasteiger partial charge on any atom is -0.314 e. The van der Waals surface area contributed by atoms with Crippen molar-refractivity contribution in [2.24, 2.45) is 0 Å². The van der Waals surface area contributed by atoms with Crippen molar-refractivity contribution in [3.63, 3.8) is 0 Å². The second-order valence-corrected chi connectivity index (χ2v) is 3.96. The van der Waals surface area contributed by atoms with E-state index in [0.29, 0.717) is 0 Å². The Morgan fingerprint density at radius 3 is 3.00 bits per heavy atom. The molecule has 78 valence electrons. The highest BCUT2D eigenvalue weighted by Crippen LogP contribution is 2.16. The molecule has 2 rings (SSSR count). The summed E-state index contributed by atoms with van der Waals surface area (Å²) in [5, 5.41) is 10.7. The van der Waals surface area contributed by atoms with E-state index in [1.54, 1.807) is 0 Å². The summed E-state index contributed by atoms with van der Waals surface area (Å²) in [7, 11) is 4.14. The number of hydrogen-bond donors (Lipinski definition) is 2. The number of nitrogens with zero attached hydrogens (tertiary/aromatic N) is 2. The van der Waals surface area contributed by atoms with Gasteiger partial charge in [-0.3, -0.25) is 5.10 Å². The Bertz CT molecular complexity index is 305. The zero-order valence-corrected chi connectivity index (χ0v) is 8.93. The number of likely N-dealkylation sites (N-methyl/N-ethyl adjacent to an activating group) is 1. The molecular weight excluding hydrogens is 176 g/mol. The molecule has 1 aliphatic rings. The van der Waals surface area contributed by atoms with E-state index < -0.39 is 0 Å². The molecular formula is C10H18N4. The summed E-state index contributed by atoms with van der Waals surface area (Å²) in [6.45, 7) is 3.15. The van der Waals surface area contributed by atoms with E-state index >= 15 is 0 Å². The normalized spacial score (nSPS) is 17.9. The van der Waals surface area contributed by atoms with Crippen LogP contribution in [-0.2, 0) is 19.4 Å². The molecule has 0 atom stereocenters. The van der Waals surface area contributed by atoms with Gasteiger partial charge in [-0.15, -0.1) is 0 Å². The zero-order valence-electron chi connectivity index (χ0n) is 8.93. The highest BCUT2D eigenvalue weighted by Gasteiger charge is 2.16. The van der Waals surface area contributed by atoms with Crippen molar-refractivity contribution in [2.75, 3.05) is 27.2 Å². The van der Waals surface area contributed by atoms with Gasteiger partial charge in [-0.2, -0.15) is 5.10 Å². The fourth-order valence-electron chi connectivity index (χ4n) is 1.98. The smallest absolute Gasteiger partial charge is 0.0795 e. The predicted octanol–water partition coefficient (Wildman–Crippen LogP) is 0.159. The van der Waals surface area contributed by atoms with E-state index in [9.17, 15) is 0 Å². The van der Waals surface area contributed by atoms with Gasteiger partial charge in [0, 0.05) is 31.7 Å². The third kappa shape index (κ3) is 1.81. The van der Waals surface area contributed by atoms with E-state index in [0.717, 1.165) is 32.5 Å². The molecule has 0 fully saturated rings. The van der Waals surface area contributed by atoms with Crippen molar-refractivity contribution in [2.45, 2.75) is 19.4 Å². The van der Waals surface area contributed by atoms with Gasteiger partial charge in [-0.1, -0.05) is 0 Å². The lowest BCUT2D eigenvalue weighted by Gasteiger charge is -2.11. The Morgan fingerprint density at radius 2 is 2.21 bits per heavy atom. The fraction of sp³-hybridized carbons (Fsp3) is 0.700. The molecule has 14 heavy (non-hydrogen) atoms. The van der Waals surface area contributed by atoms with Gasteiger partial charge in [-0.05, 0) is 26.1 Å². The standard InChI is InChI=1S/C10H18N4/c1-11-7-10-8-3-5-14(2)6-4-9(8)12-13-10/h11H,3-7H2,1-2H3,(H,12,13). The maximum atomic E-state index is 4.35. The van der Waals surface area contributed by atoms with Gasteiger partial charge in [0.25, 0.3) is 0 Å². The predicted molar refractivity (Wildman–Crippen MR) is 56.3 cm³/mol. The first-order valence-electron chi connectivity index (χ1n) is 5.19. The number of nitrogens with one attached hydrogen (secondary N) is 2. The Morgan fingerprint density at radius 1 is 1.43 bits per heavy atom. The lowest BCUT2D eigenvalue weighted by atomic mass is 10.1. The average Bonchev–Trinajstić information content (AvgIpc) is 2.45. The lowest BCUT2D eigenvalue weighted by molar-refractivity contribution is 0.351. The van der Waals surface area contributed by atoms with Crippen LogP contribution in [0.25, 0.3) is 0 Å². The second-order valence-electron chi connectivity index (χ2n) is 3.96. The molecule has 0 saturated carbocycles. The van der Waals surface area contributed by atoms with Gasteiger partial charge >= 0.3 is 0 Å². The maximum absolute atomic E-state index is 4.35. The van der Waals surface area contributed by atoms with Crippen LogP contribution in [0.1, 0.15) is 17.0 Å². The number of hydrogen-bond acceptors (Lipinski definition) is 3. The first-order valence-corrected chi connectivity index (χ1v) is 5.19. The third-order valence-corrected chi connectivity index (χ3v) is 2.87. The van der Waals surface area contributed by atoms with E-state index in [1.165, 1.54) is 17.0 Å². The molecule has 4 nitrogen and oxygen atoms in total. The van der Waals surface area contributed by atoms with Crippen LogP contribution in [0.5, 0.6) is 0 Å². The van der Waals surface area contributed by atoms with Crippen LogP contribution in [0.4, 0.5) is 0 Å². The largest absolute Gasteiger partial charge is 0.314 e. The Labute approximate surface area is 84.7 Å². The van der Waals surface area contributed by atoms with E-state index in [4.69, 9.17) is 0 Å². The number of rotatable bonds is 2. The summed E-state index contributed by atoms with van der Waals surface area (Å²) in [5.41, 5.74) is 3.96. The summed E-state index contributed by atoms with van der Waals surface area (Å²) in [4.78, 5) is 2.37. The minimum atomic E-state index is 0.871. The quantitative estimate of drug-likeness (QED) is 0.705. The highest BCUT2D eigenvalue weighted by atomic mass is 15.2. The molecule has 0 amide bonds. The summed E-state index contributed by atoms with van der Waals surface area (Å²) < 4.78 is 0. The van der Waals surface area contributed by atoms with Crippen molar-refractivity contribution < 1.29 is 0 Å². The monoisotopic (exact) mass is 194 g/mol. The first-order chi connectivity index (χ1) is 6.81. The molecule has 2 N–H and O–H groups in total. The van der Waals surface area contributed by atoms with E-state index in [-0.39, 0.29) is 0 Å². The highest BCUT2D eigenvalue weighted by molar-refractivity contribution is 5.27. The molecule has 2 heterocycles. The average molecular weight is 194 g/mol. The Balaban J connectivity index is 2.20. The van der Waals surface area contributed by atoms with E-state index in [2.05, 4.69) is 27.5 Å². The molecule has 0 unspecified atom stereocenters. The van der Waals surface area contributed by atoms with Gasteiger partial charge < -0.3 is 10.2 Å². The molecule has 4 heteroatoms. The fourth-order valence-corrected chi connectivity index (χ4v) is 1.98. The molecule has 1 aliphatic heterocycles. The van der Waals surface area contributed by atoms with Crippen molar-refractivity contribution in [3.8, 4) is 0 Å². The Kier molecular flexibility index (Phi) is 2.84. The van der Waals surface area contributed by atoms with Gasteiger partial charge in [0.2, 0.25) is 0 Å². The summed E-state index contributed by atoms with van der Waals surface area (Å²) in [6, 6.07) is 0. The number of aromatic amines is 1. The van der Waals surface area contributed by atoms with Crippen molar-refractivity contribution in [3.05, 3.63) is 17.0 Å². The Hall–Kier alpha value is -0.870.